The number of carbonyl (C=O) groups excluding carboxylic acids is 2. The minimum absolute atomic E-state index is 0.188. The molecule has 0 bridgehead atoms. The van der Waals surface area contributed by atoms with Crippen molar-refractivity contribution in [3.63, 3.8) is 0 Å². The number of amides is 2. The van der Waals surface area contributed by atoms with Gasteiger partial charge in [-0.3, -0.25) is 9.59 Å². The van der Waals surface area contributed by atoms with Crippen LogP contribution in [0.15, 0.2) is 24.3 Å². The highest BCUT2D eigenvalue weighted by Gasteiger charge is 2.24. The Labute approximate surface area is 138 Å². The van der Waals surface area contributed by atoms with Gasteiger partial charge in [0.25, 0.3) is 0 Å². The molecule has 0 aliphatic heterocycles. The smallest absolute Gasteiger partial charge is 0.249 e. The molecule has 0 fully saturated rings. The van der Waals surface area contributed by atoms with E-state index in [0.717, 1.165) is 9.13 Å². The van der Waals surface area contributed by atoms with Gasteiger partial charge in [-0.2, -0.15) is 0 Å². The van der Waals surface area contributed by atoms with E-state index in [2.05, 4.69) is 27.9 Å². The highest BCUT2D eigenvalue weighted by atomic mass is 127. The monoisotopic (exact) mass is 404 g/mol. The molecular weight excluding hydrogens is 383 g/mol. The Morgan fingerprint density at radius 2 is 1.95 bits per heavy atom. The third kappa shape index (κ3) is 6.01. The lowest BCUT2D eigenvalue weighted by molar-refractivity contribution is -0.133. The van der Waals surface area contributed by atoms with Crippen molar-refractivity contribution >= 4 is 34.4 Å². The number of hydrogen-bond donors (Lipinski definition) is 3. The quantitative estimate of drug-likeness (QED) is 0.597. The number of primary amides is 1. The van der Waals surface area contributed by atoms with E-state index in [0.29, 0.717) is 12.8 Å². The average Bonchev–Trinajstić information content (AvgIpc) is 2.39. The second-order valence-corrected chi connectivity index (χ2v) is 6.57. The summed E-state index contributed by atoms with van der Waals surface area (Å²) >= 11 is 2.17. The van der Waals surface area contributed by atoms with E-state index in [1.165, 1.54) is 0 Å². The first kappa shape index (κ1) is 17.9. The minimum atomic E-state index is -1.12. The van der Waals surface area contributed by atoms with Crippen LogP contribution < -0.4 is 11.1 Å². The maximum atomic E-state index is 11.9. The van der Waals surface area contributed by atoms with E-state index in [1.807, 2.05) is 38.1 Å². The summed E-state index contributed by atoms with van der Waals surface area (Å²) in [4.78, 5) is 23.4. The van der Waals surface area contributed by atoms with Crippen LogP contribution in [-0.4, -0.2) is 29.1 Å². The Morgan fingerprint density at radius 1 is 1.33 bits per heavy atom. The molecule has 0 heterocycles. The third-order valence-electron chi connectivity index (χ3n) is 3.04. The molecule has 0 saturated heterocycles. The van der Waals surface area contributed by atoms with Gasteiger partial charge in [-0.1, -0.05) is 32.0 Å². The van der Waals surface area contributed by atoms with Crippen molar-refractivity contribution in [1.82, 2.24) is 5.32 Å². The molecule has 21 heavy (non-hydrogen) atoms. The van der Waals surface area contributed by atoms with Crippen molar-refractivity contribution in [3.8, 4) is 0 Å². The van der Waals surface area contributed by atoms with Crippen LogP contribution >= 0.6 is 22.6 Å². The first-order valence-corrected chi connectivity index (χ1v) is 7.90. The highest BCUT2D eigenvalue weighted by molar-refractivity contribution is 14.1. The first-order chi connectivity index (χ1) is 9.81. The van der Waals surface area contributed by atoms with Crippen molar-refractivity contribution in [3.05, 3.63) is 33.4 Å². The fraction of sp³-hybridized carbons (Fsp3) is 0.467. The number of hydrogen-bond acceptors (Lipinski definition) is 3. The van der Waals surface area contributed by atoms with Gasteiger partial charge in [0.15, 0.2) is 0 Å². The van der Waals surface area contributed by atoms with Crippen LogP contribution in [0.1, 0.15) is 25.8 Å². The van der Waals surface area contributed by atoms with Gasteiger partial charge in [0, 0.05) is 9.99 Å². The fourth-order valence-electron chi connectivity index (χ4n) is 1.93. The van der Waals surface area contributed by atoms with E-state index in [1.54, 1.807) is 0 Å². The number of aliphatic hydroxyl groups excluding tert-OH is 1. The van der Waals surface area contributed by atoms with Crippen molar-refractivity contribution in [2.45, 2.75) is 38.8 Å². The Hall–Kier alpha value is -1.15. The van der Waals surface area contributed by atoms with Gasteiger partial charge >= 0.3 is 0 Å². The summed E-state index contributed by atoms with van der Waals surface area (Å²) in [6.07, 6.45) is -0.462. The summed E-state index contributed by atoms with van der Waals surface area (Å²) < 4.78 is 0.998. The molecule has 0 aliphatic rings. The normalized spacial score (nSPS) is 13.8. The van der Waals surface area contributed by atoms with E-state index in [9.17, 15) is 14.7 Å². The van der Waals surface area contributed by atoms with Gasteiger partial charge in [0.05, 0.1) is 0 Å². The summed E-state index contributed by atoms with van der Waals surface area (Å²) in [6.45, 7) is 3.82. The largest absolute Gasteiger partial charge is 0.383 e. The molecular formula is C15H21IN2O3. The summed E-state index contributed by atoms with van der Waals surface area (Å²) in [5, 5.41) is 12.3. The summed E-state index contributed by atoms with van der Waals surface area (Å²) in [5.74, 6) is -0.981. The van der Waals surface area contributed by atoms with Crippen LogP contribution in [0.3, 0.4) is 0 Å². The zero-order chi connectivity index (χ0) is 16.0. The molecule has 1 aromatic carbocycles. The summed E-state index contributed by atoms with van der Waals surface area (Å²) in [6, 6.07) is 6.74. The zero-order valence-corrected chi connectivity index (χ0v) is 14.3. The van der Waals surface area contributed by atoms with Gasteiger partial charge in [-0.25, -0.2) is 0 Å². The molecule has 6 heteroatoms. The van der Waals surface area contributed by atoms with Crippen molar-refractivity contribution < 1.29 is 14.7 Å². The zero-order valence-electron chi connectivity index (χ0n) is 12.2. The van der Waals surface area contributed by atoms with Crippen LogP contribution in [0.25, 0.3) is 0 Å². The number of aliphatic hydroxyl groups is 1. The van der Waals surface area contributed by atoms with Crippen LogP contribution in [0.4, 0.5) is 0 Å². The minimum Gasteiger partial charge on any atom is -0.383 e. The standard InChI is InChI=1S/C15H21IN2O3/c1-9(2)7-13(19)15(21)18-12(14(17)20)8-10-5-3-4-6-11(10)16/h3-6,9,12-13,19H,7-8H2,1-2H3,(H2,17,20)(H,18,21)/t12-,13-/m0/s1. The van der Waals surface area contributed by atoms with E-state index >= 15 is 0 Å². The topological polar surface area (TPSA) is 92.4 Å². The number of halogens is 1. The van der Waals surface area contributed by atoms with Crippen LogP contribution in [0.5, 0.6) is 0 Å². The van der Waals surface area contributed by atoms with Crippen molar-refractivity contribution in [2.75, 3.05) is 0 Å². The SMILES string of the molecule is CC(C)C[C@H](O)C(=O)N[C@@H](Cc1ccccc1I)C(N)=O. The lowest BCUT2D eigenvalue weighted by Crippen LogP contribution is -2.49. The Bertz CT molecular complexity index is 505. The van der Waals surface area contributed by atoms with Crippen molar-refractivity contribution in [2.24, 2.45) is 11.7 Å². The van der Waals surface area contributed by atoms with Crippen molar-refractivity contribution in [1.29, 1.82) is 0 Å². The van der Waals surface area contributed by atoms with Gasteiger partial charge in [0.1, 0.15) is 12.1 Å². The number of nitrogens with one attached hydrogen (secondary N) is 1. The van der Waals surface area contributed by atoms with E-state index < -0.39 is 24.0 Å². The fourth-order valence-corrected chi connectivity index (χ4v) is 2.54. The predicted octanol–water partition coefficient (Wildman–Crippen LogP) is 1.21. The molecule has 4 N–H and O–H groups in total. The molecule has 2 amide bonds. The molecule has 5 nitrogen and oxygen atoms in total. The van der Waals surface area contributed by atoms with E-state index in [-0.39, 0.29) is 5.92 Å². The lowest BCUT2D eigenvalue weighted by Gasteiger charge is -2.19. The Morgan fingerprint density at radius 3 is 2.48 bits per heavy atom. The summed E-state index contributed by atoms with van der Waals surface area (Å²) in [7, 11) is 0. The molecule has 2 atom stereocenters. The number of benzene rings is 1. The Balaban J connectivity index is 2.73. The van der Waals surface area contributed by atoms with Gasteiger partial charge < -0.3 is 16.2 Å². The average molecular weight is 404 g/mol. The molecule has 0 radical (unpaired) electrons. The highest BCUT2D eigenvalue weighted by Crippen LogP contribution is 2.14. The van der Waals surface area contributed by atoms with Gasteiger partial charge in [-0.15, -0.1) is 0 Å². The van der Waals surface area contributed by atoms with E-state index in [4.69, 9.17) is 5.73 Å². The third-order valence-corrected chi connectivity index (χ3v) is 4.09. The van der Waals surface area contributed by atoms with Crippen LogP contribution in [-0.2, 0) is 16.0 Å². The maximum absolute atomic E-state index is 11.9. The van der Waals surface area contributed by atoms with Crippen LogP contribution in [0, 0.1) is 9.49 Å². The molecule has 0 saturated carbocycles. The molecule has 116 valence electrons. The number of nitrogens with two attached hydrogens (primary N) is 1. The van der Waals surface area contributed by atoms with Gasteiger partial charge in [-0.05, 0) is 46.6 Å². The second-order valence-electron chi connectivity index (χ2n) is 5.40. The molecule has 1 aromatic rings. The molecule has 0 unspecified atom stereocenters. The number of rotatable bonds is 7. The molecule has 0 aliphatic carbocycles. The van der Waals surface area contributed by atoms with Gasteiger partial charge in [0.2, 0.25) is 11.8 Å². The lowest BCUT2D eigenvalue weighted by atomic mass is 10.0. The second kappa shape index (κ2) is 8.33. The molecule has 0 aromatic heterocycles. The number of carbonyl (C=O) groups is 2. The van der Waals surface area contributed by atoms with Crippen LogP contribution in [0.2, 0.25) is 0 Å². The molecule has 0 spiro atoms. The Kier molecular flexibility index (Phi) is 7.10. The predicted molar refractivity (Wildman–Crippen MR) is 89.4 cm³/mol. The molecule has 1 rings (SSSR count). The first-order valence-electron chi connectivity index (χ1n) is 6.82. The maximum Gasteiger partial charge on any atom is 0.249 e. The summed E-state index contributed by atoms with van der Waals surface area (Å²) in [5.41, 5.74) is 6.28.